The molecule has 98 valence electrons. The fourth-order valence-electron chi connectivity index (χ4n) is 2.08. The molecule has 0 saturated heterocycles. The van der Waals surface area contributed by atoms with Crippen LogP contribution < -0.4 is 0 Å². The number of halogens is 1. The maximum Gasteiger partial charge on any atom is 0.170 e. The number of fused-ring (bicyclic) bond motifs is 1. The predicted molar refractivity (Wildman–Crippen MR) is 66.7 cm³/mol. The molecule has 4 heteroatoms. The van der Waals surface area contributed by atoms with Crippen LogP contribution in [0.1, 0.15) is 38.6 Å². The molecule has 0 bridgehead atoms. The lowest BCUT2D eigenvalue weighted by Gasteiger charge is -2.29. The van der Waals surface area contributed by atoms with E-state index in [1.165, 1.54) is 6.07 Å². The van der Waals surface area contributed by atoms with Gasteiger partial charge in [0.25, 0.3) is 0 Å². The van der Waals surface area contributed by atoms with E-state index in [0.717, 1.165) is 0 Å². The van der Waals surface area contributed by atoms with Gasteiger partial charge in [-0.25, -0.2) is 4.39 Å². The third-order valence-corrected chi connectivity index (χ3v) is 3.52. The van der Waals surface area contributed by atoms with Crippen LogP contribution >= 0.6 is 0 Å². The first-order chi connectivity index (χ1) is 8.51. The number of hydrogen-bond acceptors (Lipinski definition) is 3. The van der Waals surface area contributed by atoms with Gasteiger partial charge in [0.05, 0.1) is 5.60 Å². The fourth-order valence-corrected chi connectivity index (χ4v) is 2.08. The molecule has 2 aromatic rings. The molecule has 0 radical (unpaired) electrons. The summed E-state index contributed by atoms with van der Waals surface area (Å²) in [4.78, 5) is 0. The van der Waals surface area contributed by atoms with Gasteiger partial charge in [0, 0.05) is 5.39 Å². The molecule has 1 heterocycles. The zero-order valence-electron chi connectivity index (χ0n) is 10.5. The van der Waals surface area contributed by atoms with Gasteiger partial charge in [0.2, 0.25) is 0 Å². The number of para-hydroxylation sites is 1. The topological polar surface area (TPSA) is 53.6 Å². The Morgan fingerprint density at radius 3 is 2.56 bits per heavy atom. The zero-order valence-corrected chi connectivity index (χ0v) is 10.5. The molecule has 1 aromatic heterocycles. The standard InChI is InChI=1S/C14H17FO3/c1-3-14(17,4-2)13(16)11-8-9-6-5-7-10(15)12(9)18-11/h5-8,13,16-17H,3-4H2,1-2H3. The highest BCUT2D eigenvalue weighted by Crippen LogP contribution is 2.35. The molecule has 2 N–H and O–H groups in total. The molecule has 0 amide bonds. The molecule has 1 atom stereocenters. The Kier molecular flexibility index (Phi) is 3.41. The van der Waals surface area contributed by atoms with Crippen molar-refractivity contribution in [2.75, 3.05) is 0 Å². The lowest BCUT2D eigenvalue weighted by molar-refractivity contribution is -0.0899. The highest BCUT2D eigenvalue weighted by atomic mass is 19.1. The second-order valence-corrected chi connectivity index (χ2v) is 4.52. The Bertz CT molecular complexity index is 543. The molecule has 0 spiro atoms. The van der Waals surface area contributed by atoms with Gasteiger partial charge in [0.15, 0.2) is 11.4 Å². The van der Waals surface area contributed by atoms with Crippen molar-refractivity contribution in [3.63, 3.8) is 0 Å². The first-order valence-corrected chi connectivity index (χ1v) is 6.10. The van der Waals surface area contributed by atoms with Crippen LogP contribution in [0.2, 0.25) is 0 Å². The Labute approximate surface area is 105 Å². The minimum absolute atomic E-state index is 0.112. The summed E-state index contributed by atoms with van der Waals surface area (Å²) in [6, 6.07) is 6.15. The second-order valence-electron chi connectivity index (χ2n) is 4.52. The van der Waals surface area contributed by atoms with Gasteiger partial charge < -0.3 is 14.6 Å². The molecular weight excluding hydrogens is 235 g/mol. The van der Waals surface area contributed by atoms with E-state index in [9.17, 15) is 14.6 Å². The van der Waals surface area contributed by atoms with Crippen LogP contribution in [-0.4, -0.2) is 15.8 Å². The van der Waals surface area contributed by atoms with E-state index < -0.39 is 17.5 Å². The van der Waals surface area contributed by atoms with Gasteiger partial charge in [-0.2, -0.15) is 0 Å². The number of aliphatic hydroxyl groups excluding tert-OH is 1. The van der Waals surface area contributed by atoms with Gasteiger partial charge in [0.1, 0.15) is 11.9 Å². The van der Waals surface area contributed by atoms with Gasteiger partial charge in [-0.15, -0.1) is 0 Å². The summed E-state index contributed by atoms with van der Waals surface area (Å²) >= 11 is 0. The van der Waals surface area contributed by atoms with Gasteiger partial charge in [-0.3, -0.25) is 0 Å². The number of hydrogen-bond donors (Lipinski definition) is 2. The van der Waals surface area contributed by atoms with Gasteiger partial charge >= 0.3 is 0 Å². The van der Waals surface area contributed by atoms with Crippen LogP contribution in [0.3, 0.4) is 0 Å². The van der Waals surface area contributed by atoms with Crippen molar-refractivity contribution >= 4 is 11.0 Å². The summed E-state index contributed by atoms with van der Waals surface area (Å²) in [5.41, 5.74) is -1.13. The molecule has 0 aliphatic rings. The average Bonchev–Trinajstić information content (AvgIpc) is 2.82. The molecule has 1 unspecified atom stereocenters. The molecule has 1 aromatic carbocycles. The Balaban J connectivity index is 2.45. The van der Waals surface area contributed by atoms with Crippen LogP contribution in [0, 0.1) is 5.82 Å². The number of furan rings is 1. The summed E-state index contributed by atoms with van der Waals surface area (Å²) in [7, 11) is 0. The summed E-state index contributed by atoms with van der Waals surface area (Å²) in [5, 5.41) is 21.0. The Morgan fingerprint density at radius 2 is 2.00 bits per heavy atom. The van der Waals surface area contributed by atoms with Gasteiger partial charge in [-0.1, -0.05) is 26.0 Å². The van der Waals surface area contributed by atoms with Crippen molar-refractivity contribution in [1.82, 2.24) is 0 Å². The molecule has 0 aliphatic carbocycles. The van der Waals surface area contributed by atoms with E-state index in [0.29, 0.717) is 18.2 Å². The lowest BCUT2D eigenvalue weighted by atomic mass is 9.89. The van der Waals surface area contributed by atoms with Crippen LogP contribution in [0.5, 0.6) is 0 Å². The zero-order chi connectivity index (χ0) is 13.3. The number of benzene rings is 1. The van der Waals surface area contributed by atoms with E-state index in [1.54, 1.807) is 32.0 Å². The monoisotopic (exact) mass is 252 g/mol. The van der Waals surface area contributed by atoms with E-state index >= 15 is 0 Å². The minimum Gasteiger partial charge on any atom is -0.455 e. The summed E-state index contributed by atoms with van der Waals surface area (Å²) in [5.74, 6) is -0.274. The molecule has 0 aliphatic heterocycles. The number of aliphatic hydroxyl groups is 2. The minimum atomic E-state index is -1.25. The number of rotatable bonds is 4. The Morgan fingerprint density at radius 1 is 1.33 bits per heavy atom. The van der Waals surface area contributed by atoms with Crippen molar-refractivity contribution in [2.24, 2.45) is 0 Å². The molecule has 0 fully saturated rings. The lowest BCUT2D eigenvalue weighted by Crippen LogP contribution is -2.34. The van der Waals surface area contributed by atoms with E-state index in [-0.39, 0.29) is 11.3 Å². The molecule has 18 heavy (non-hydrogen) atoms. The SMILES string of the molecule is CCC(O)(CC)C(O)c1cc2cccc(F)c2o1. The largest absolute Gasteiger partial charge is 0.455 e. The van der Waals surface area contributed by atoms with Crippen molar-refractivity contribution in [1.29, 1.82) is 0 Å². The van der Waals surface area contributed by atoms with E-state index in [4.69, 9.17) is 4.42 Å². The third kappa shape index (κ3) is 2.02. The van der Waals surface area contributed by atoms with Crippen LogP contribution in [0.15, 0.2) is 28.7 Å². The van der Waals surface area contributed by atoms with Crippen LogP contribution in [0.4, 0.5) is 4.39 Å². The second kappa shape index (κ2) is 4.71. The smallest absolute Gasteiger partial charge is 0.170 e. The normalized spacial score (nSPS) is 14.1. The third-order valence-electron chi connectivity index (χ3n) is 3.52. The van der Waals surface area contributed by atoms with Gasteiger partial charge in [-0.05, 0) is 25.0 Å². The molecule has 0 saturated carbocycles. The quantitative estimate of drug-likeness (QED) is 0.878. The Hall–Kier alpha value is -1.39. The van der Waals surface area contributed by atoms with E-state index in [2.05, 4.69) is 0 Å². The first kappa shape index (κ1) is 13.1. The highest BCUT2D eigenvalue weighted by molar-refractivity contribution is 5.78. The van der Waals surface area contributed by atoms with Crippen LogP contribution in [0.25, 0.3) is 11.0 Å². The first-order valence-electron chi connectivity index (χ1n) is 6.10. The average molecular weight is 252 g/mol. The fraction of sp³-hybridized carbons (Fsp3) is 0.429. The van der Waals surface area contributed by atoms with Crippen LogP contribution in [-0.2, 0) is 0 Å². The van der Waals surface area contributed by atoms with Crippen molar-refractivity contribution in [3.8, 4) is 0 Å². The van der Waals surface area contributed by atoms with E-state index in [1.807, 2.05) is 0 Å². The summed E-state index contributed by atoms with van der Waals surface area (Å²) in [6.07, 6.45) is -0.367. The molecule has 2 rings (SSSR count). The predicted octanol–water partition coefficient (Wildman–Crippen LogP) is 3.16. The van der Waals surface area contributed by atoms with Crippen molar-refractivity contribution in [2.45, 2.75) is 38.4 Å². The maximum atomic E-state index is 13.5. The molecule has 3 nitrogen and oxygen atoms in total. The van der Waals surface area contributed by atoms with Crippen molar-refractivity contribution in [3.05, 3.63) is 35.8 Å². The molecular formula is C14H17FO3. The van der Waals surface area contributed by atoms with Crippen molar-refractivity contribution < 1.29 is 19.0 Å². The highest BCUT2D eigenvalue weighted by Gasteiger charge is 2.35. The maximum absolute atomic E-state index is 13.5. The summed E-state index contributed by atoms with van der Waals surface area (Å²) in [6.45, 7) is 3.58. The summed E-state index contributed by atoms with van der Waals surface area (Å²) < 4.78 is 18.8.